The summed E-state index contributed by atoms with van der Waals surface area (Å²) >= 11 is 0. The van der Waals surface area contributed by atoms with Crippen LogP contribution in [0.2, 0.25) is 0 Å². The van der Waals surface area contributed by atoms with Gasteiger partial charge in [0.05, 0.1) is 0 Å². The van der Waals surface area contributed by atoms with Crippen LogP contribution < -0.4 is 4.74 Å². The Kier molecular flexibility index (Phi) is 4.16. The van der Waals surface area contributed by atoms with Crippen molar-refractivity contribution in [2.45, 2.75) is 31.6 Å². The molecule has 1 aromatic carbocycles. The van der Waals surface area contributed by atoms with Gasteiger partial charge in [-0.3, -0.25) is 0 Å². The van der Waals surface area contributed by atoms with Gasteiger partial charge >= 0.3 is 0 Å². The number of nitriles is 1. The smallest absolute Gasteiger partial charge is 0.292 e. The molecule has 100 valence electrons. The second kappa shape index (κ2) is 5.83. The zero-order chi connectivity index (χ0) is 13.8. The molecule has 2 nitrogen and oxygen atoms in total. The number of nitrogens with zero attached hydrogens (tertiary/aromatic N) is 1. The summed E-state index contributed by atoms with van der Waals surface area (Å²) in [5.74, 6) is -1.82. The summed E-state index contributed by atoms with van der Waals surface area (Å²) in [5, 5.41) is 8.34. The van der Waals surface area contributed by atoms with Crippen LogP contribution in [0, 0.1) is 29.1 Å². The second-order valence-electron chi connectivity index (χ2n) is 4.82. The molecule has 1 aromatic rings. The lowest BCUT2D eigenvalue weighted by Crippen LogP contribution is -2.13. The molecule has 0 N–H and O–H groups in total. The van der Waals surface area contributed by atoms with Crippen molar-refractivity contribution >= 4 is 0 Å². The van der Waals surface area contributed by atoms with Crippen molar-refractivity contribution in [3.63, 3.8) is 0 Å². The molecule has 1 saturated carbocycles. The summed E-state index contributed by atoms with van der Waals surface area (Å²) in [7, 11) is 0. The van der Waals surface area contributed by atoms with E-state index in [0.29, 0.717) is 11.5 Å². The predicted molar refractivity (Wildman–Crippen MR) is 67.5 cm³/mol. The third-order valence-electron chi connectivity index (χ3n) is 3.78. The van der Waals surface area contributed by atoms with Crippen LogP contribution in [0.15, 0.2) is 24.8 Å². The molecular weight excluding hydrogens is 248 g/mol. The van der Waals surface area contributed by atoms with Gasteiger partial charge in [-0.25, -0.2) is 4.39 Å². The summed E-state index contributed by atoms with van der Waals surface area (Å²) in [6.45, 7) is 3.76. The van der Waals surface area contributed by atoms with E-state index in [4.69, 9.17) is 5.26 Å². The summed E-state index contributed by atoms with van der Waals surface area (Å²) in [6, 6.07) is 2.83. The van der Waals surface area contributed by atoms with Crippen molar-refractivity contribution in [2.75, 3.05) is 0 Å². The Bertz CT molecular complexity index is 514. The van der Waals surface area contributed by atoms with Crippen molar-refractivity contribution in [1.82, 2.24) is 0 Å². The van der Waals surface area contributed by atoms with Gasteiger partial charge in [0.15, 0.2) is 11.6 Å². The molecule has 19 heavy (non-hydrogen) atoms. The van der Waals surface area contributed by atoms with Crippen molar-refractivity contribution in [2.24, 2.45) is 5.92 Å². The lowest BCUT2D eigenvalue weighted by Gasteiger charge is -2.27. The Morgan fingerprint density at radius 3 is 2.47 bits per heavy atom. The van der Waals surface area contributed by atoms with Crippen molar-refractivity contribution in [3.8, 4) is 12.0 Å². The van der Waals surface area contributed by atoms with Crippen LogP contribution in [0.4, 0.5) is 8.78 Å². The van der Waals surface area contributed by atoms with E-state index in [2.05, 4.69) is 11.3 Å². The molecule has 1 aliphatic rings. The van der Waals surface area contributed by atoms with Crippen molar-refractivity contribution in [1.29, 1.82) is 5.26 Å². The number of rotatable bonds is 3. The molecule has 0 heterocycles. The minimum atomic E-state index is -1.08. The highest BCUT2D eigenvalue weighted by Gasteiger charge is 2.25. The maximum absolute atomic E-state index is 14.0. The van der Waals surface area contributed by atoms with Crippen molar-refractivity contribution < 1.29 is 13.5 Å². The summed E-state index contributed by atoms with van der Waals surface area (Å²) in [5.41, 5.74) is 0.380. The van der Waals surface area contributed by atoms with Crippen LogP contribution in [-0.2, 0) is 0 Å². The first-order chi connectivity index (χ1) is 9.17. The summed E-state index contributed by atoms with van der Waals surface area (Å²) in [6.07, 6.45) is 6.82. The van der Waals surface area contributed by atoms with Crippen molar-refractivity contribution in [3.05, 3.63) is 42.0 Å². The SMILES string of the molecule is C=CC1CCC(c2ccc(OC#N)c(F)c2F)CC1. The molecule has 0 bridgehead atoms. The first-order valence-corrected chi connectivity index (χ1v) is 6.33. The van der Waals surface area contributed by atoms with Gasteiger partial charge in [0.25, 0.3) is 6.26 Å². The van der Waals surface area contributed by atoms with Crippen LogP contribution >= 0.6 is 0 Å². The van der Waals surface area contributed by atoms with Gasteiger partial charge in [0.1, 0.15) is 0 Å². The fourth-order valence-electron chi connectivity index (χ4n) is 2.66. The molecule has 0 aromatic heterocycles. The van der Waals surface area contributed by atoms with E-state index in [1.54, 1.807) is 0 Å². The number of benzene rings is 1. The lowest BCUT2D eigenvalue weighted by atomic mass is 9.78. The topological polar surface area (TPSA) is 33.0 Å². The molecule has 2 rings (SSSR count). The lowest BCUT2D eigenvalue weighted by molar-refractivity contribution is 0.360. The Morgan fingerprint density at radius 1 is 1.21 bits per heavy atom. The van der Waals surface area contributed by atoms with E-state index in [0.717, 1.165) is 25.7 Å². The number of hydrogen-bond donors (Lipinski definition) is 0. The zero-order valence-electron chi connectivity index (χ0n) is 10.5. The van der Waals surface area contributed by atoms with E-state index < -0.39 is 11.6 Å². The van der Waals surface area contributed by atoms with Crippen LogP contribution in [0.3, 0.4) is 0 Å². The number of halogens is 2. The Hall–Kier alpha value is -1.89. The normalized spacial score (nSPS) is 22.6. The number of ether oxygens (including phenoxy) is 1. The third-order valence-corrected chi connectivity index (χ3v) is 3.78. The van der Waals surface area contributed by atoms with E-state index in [1.807, 2.05) is 6.08 Å². The molecular formula is C15H15F2NO. The quantitative estimate of drug-likeness (QED) is 0.602. The van der Waals surface area contributed by atoms with Crippen LogP contribution in [0.25, 0.3) is 0 Å². The Balaban J connectivity index is 2.20. The maximum atomic E-state index is 14.0. The first-order valence-electron chi connectivity index (χ1n) is 6.33. The Labute approximate surface area is 111 Å². The maximum Gasteiger partial charge on any atom is 0.292 e. The van der Waals surface area contributed by atoms with Gasteiger partial charge < -0.3 is 4.74 Å². The number of allylic oxidation sites excluding steroid dienone is 1. The van der Waals surface area contributed by atoms with E-state index >= 15 is 0 Å². The zero-order valence-corrected chi connectivity index (χ0v) is 10.5. The Morgan fingerprint density at radius 2 is 1.89 bits per heavy atom. The second-order valence-corrected chi connectivity index (χ2v) is 4.82. The molecule has 0 spiro atoms. The summed E-state index contributed by atoms with van der Waals surface area (Å²) in [4.78, 5) is 0. The van der Waals surface area contributed by atoms with Gasteiger partial charge in [-0.05, 0) is 49.1 Å². The summed E-state index contributed by atoms with van der Waals surface area (Å²) < 4.78 is 32.0. The highest BCUT2D eigenvalue weighted by atomic mass is 19.2. The molecule has 1 aliphatic carbocycles. The predicted octanol–water partition coefficient (Wildman–Crippen LogP) is 4.28. The molecule has 0 atom stereocenters. The van der Waals surface area contributed by atoms with E-state index in [-0.39, 0.29) is 11.7 Å². The standard InChI is InChI=1S/C15H15F2NO/c1-2-10-3-5-11(6-4-10)12-7-8-13(19-9-18)15(17)14(12)16/h2,7-8,10-11H,1,3-6H2. The average molecular weight is 263 g/mol. The first kappa shape index (κ1) is 13.5. The van der Waals surface area contributed by atoms with E-state index in [1.165, 1.54) is 18.4 Å². The minimum Gasteiger partial charge on any atom is -0.385 e. The van der Waals surface area contributed by atoms with Gasteiger partial charge in [-0.15, -0.1) is 11.8 Å². The fourth-order valence-corrected chi connectivity index (χ4v) is 2.66. The van der Waals surface area contributed by atoms with Gasteiger partial charge in [-0.2, -0.15) is 4.39 Å². The molecule has 0 saturated heterocycles. The van der Waals surface area contributed by atoms with Crippen LogP contribution in [0.5, 0.6) is 5.75 Å². The van der Waals surface area contributed by atoms with Crippen LogP contribution in [0.1, 0.15) is 37.2 Å². The third kappa shape index (κ3) is 2.76. The van der Waals surface area contributed by atoms with E-state index in [9.17, 15) is 8.78 Å². The largest absolute Gasteiger partial charge is 0.385 e. The highest BCUT2D eigenvalue weighted by Crippen LogP contribution is 2.38. The molecule has 1 fully saturated rings. The molecule has 0 amide bonds. The molecule has 0 aliphatic heterocycles. The van der Waals surface area contributed by atoms with Gasteiger partial charge in [0.2, 0.25) is 5.82 Å². The molecule has 0 unspecified atom stereocenters. The number of hydrogen-bond acceptors (Lipinski definition) is 2. The minimum absolute atomic E-state index is 0.0295. The fraction of sp³-hybridized carbons (Fsp3) is 0.400. The highest BCUT2D eigenvalue weighted by molar-refractivity contribution is 5.34. The molecule has 4 heteroatoms. The van der Waals surface area contributed by atoms with Gasteiger partial charge in [-0.1, -0.05) is 12.1 Å². The van der Waals surface area contributed by atoms with Crippen LogP contribution in [-0.4, -0.2) is 0 Å². The van der Waals surface area contributed by atoms with Gasteiger partial charge in [0, 0.05) is 0 Å². The monoisotopic (exact) mass is 263 g/mol. The molecule has 0 radical (unpaired) electrons. The average Bonchev–Trinajstić information content (AvgIpc) is 2.45.